The molecule has 0 unspecified atom stereocenters. The normalized spacial score (nSPS) is 19.6. The molecule has 2 aromatic heterocycles. The maximum Gasteiger partial charge on any atom is 0.150 e. The molecule has 0 spiro atoms. The highest BCUT2D eigenvalue weighted by Crippen LogP contribution is 2.29. The number of sulfone groups is 1. The van der Waals surface area contributed by atoms with E-state index in [9.17, 15) is 8.42 Å². The van der Waals surface area contributed by atoms with Crippen molar-refractivity contribution in [1.29, 1.82) is 0 Å². The van der Waals surface area contributed by atoms with E-state index in [0.29, 0.717) is 12.8 Å². The van der Waals surface area contributed by atoms with E-state index in [-0.39, 0.29) is 17.5 Å². The fraction of sp³-hybridized carbons (Fsp3) is 0.500. The molecule has 0 amide bonds. The molecule has 102 valence electrons. The molecule has 1 aliphatic heterocycles. The number of aromatic nitrogens is 2. The van der Waals surface area contributed by atoms with Gasteiger partial charge in [0.2, 0.25) is 0 Å². The van der Waals surface area contributed by atoms with Crippen molar-refractivity contribution in [1.82, 2.24) is 9.97 Å². The van der Waals surface area contributed by atoms with E-state index in [1.165, 1.54) is 0 Å². The van der Waals surface area contributed by atoms with E-state index in [1.54, 1.807) is 17.7 Å². The lowest BCUT2D eigenvalue weighted by Gasteiger charge is -2.23. The average Bonchev–Trinajstić information content (AvgIpc) is 2.75. The largest absolute Gasteiger partial charge is 0.366 e. The van der Waals surface area contributed by atoms with Gasteiger partial charge in [-0.2, -0.15) is 0 Å². The topological polar surface area (TPSA) is 72.0 Å². The first-order chi connectivity index (χ1) is 9.05. The fourth-order valence-electron chi connectivity index (χ4n) is 2.30. The van der Waals surface area contributed by atoms with Gasteiger partial charge in [0.05, 0.1) is 21.7 Å². The Morgan fingerprint density at radius 3 is 2.79 bits per heavy atom. The second kappa shape index (κ2) is 4.72. The van der Waals surface area contributed by atoms with Crippen LogP contribution in [0.4, 0.5) is 5.82 Å². The Morgan fingerprint density at radius 2 is 2.05 bits per heavy atom. The van der Waals surface area contributed by atoms with Gasteiger partial charge in [-0.25, -0.2) is 18.4 Å². The molecule has 7 heteroatoms. The summed E-state index contributed by atoms with van der Waals surface area (Å²) in [6, 6.07) is 0.184. The van der Waals surface area contributed by atoms with Crippen LogP contribution in [0.25, 0.3) is 10.2 Å². The van der Waals surface area contributed by atoms with Crippen LogP contribution in [0.3, 0.4) is 0 Å². The Balaban J connectivity index is 1.82. The molecule has 2 aromatic rings. The van der Waals surface area contributed by atoms with Crippen LogP contribution in [-0.2, 0) is 9.84 Å². The first-order valence-corrected chi connectivity index (χ1v) is 8.91. The minimum absolute atomic E-state index is 0.184. The summed E-state index contributed by atoms with van der Waals surface area (Å²) in [6.07, 6.45) is 2.86. The third-order valence-electron chi connectivity index (χ3n) is 3.43. The number of anilines is 1. The molecule has 0 aromatic carbocycles. The van der Waals surface area contributed by atoms with Gasteiger partial charge >= 0.3 is 0 Å². The smallest absolute Gasteiger partial charge is 0.150 e. The quantitative estimate of drug-likeness (QED) is 0.918. The molecule has 0 bridgehead atoms. The summed E-state index contributed by atoms with van der Waals surface area (Å²) in [5.74, 6) is 1.36. The maximum absolute atomic E-state index is 11.4. The number of thiophene rings is 1. The van der Waals surface area contributed by atoms with Crippen molar-refractivity contribution >= 4 is 37.2 Å². The van der Waals surface area contributed by atoms with Crippen molar-refractivity contribution in [2.24, 2.45) is 0 Å². The van der Waals surface area contributed by atoms with E-state index in [4.69, 9.17) is 0 Å². The Hall–Kier alpha value is -1.21. The maximum atomic E-state index is 11.4. The van der Waals surface area contributed by atoms with Crippen LogP contribution in [0.1, 0.15) is 18.4 Å². The molecule has 1 fully saturated rings. The van der Waals surface area contributed by atoms with Crippen molar-refractivity contribution in [2.75, 3.05) is 16.8 Å². The Kier molecular flexibility index (Phi) is 3.18. The van der Waals surface area contributed by atoms with Crippen molar-refractivity contribution in [2.45, 2.75) is 25.8 Å². The van der Waals surface area contributed by atoms with Gasteiger partial charge in [0.1, 0.15) is 22.0 Å². The van der Waals surface area contributed by atoms with Gasteiger partial charge in [0.15, 0.2) is 0 Å². The number of hydrogen-bond donors (Lipinski definition) is 1. The Bertz CT molecular complexity index is 695. The molecule has 0 radical (unpaired) electrons. The molecule has 0 atom stereocenters. The molecule has 1 N–H and O–H groups in total. The third-order valence-corrected chi connectivity index (χ3v) is 6.24. The first-order valence-electron chi connectivity index (χ1n) is 6.21. The Labute approximate surface area is 116 Å². The van der Waals surface area contributed by atoms with Gasteiger partial charge in [-0.1, -0.05) is 0 Å². The Morgan fingerprint density at radius 1 is 1.32 bits per heavy atom. The molecule has 1 saturated heterocycles. The summed E-state index contributed by atoms with van der Waals surface area (Å²) in [7, 11) is -2.82. The standard InChI is InChI=1S/C12H15N3O2S2/c1-8-6-18-11-10(8)13-7-14-12(11)15-9-2-4-19(16,17)5-3-9/h6-7,9H,2-5H2,1H3,(H,13,14,15). The highest BCUT2D eigenvalue weighted by molar-refractivity contribution is 7.91. The SMILES string of the molecule is Cc1csc2c(NC3CCS(=O)(=O)CC3)ncnc12. The molecule has 5 nitrogen and oxygen atoms in total. The highest BCUT2D eigenvalue weighted by atomic mass is 32.2. The number of nitrogens with one attached hydrogen (secondary N) is 1. The highest BCUT2D eigenvalue weighted by Gasteiger charge is 2.24. The second-order valence-electron chi connectivity index (χ2n) is 4.89. The van der Waals surface area contributed by atoms with E-state index in [1.807, 2.05) is 6.92 Å². The van der Waals surface area contributed by atoms with Crippen LogP contribution < -0.4 is 5.32 Å². The summed E-state index contributed by atoms with van der Waals surface area (Å²) in [5.41, 5.74) is 2.13. The molecule has 0 aliphatic carbocycles. The lowest BCUT2D eigenvalue weighted by molar-refractivity contribution is 0.559. The summed E-state index contributed by atoms with van der Waals surface area (Å²) >= 11 is 1.62. The summed E-state index contributed by atoms with van der Waals surface area (Å²) in [4.78, 5) is 8.57. The van der Waals surface area contributed by atoms with Crippen LogP contribution in [0.15, 0.2) is 11.7 Å². The summed E-state index contributed by atoms with van der Waals surface area (Å²) in [5, 5.41) is 5.44. The number of hydrogen-bond acceptors (Lipinski definition) is 6. The zero-order valence-electron chi connectivity index (χ0n) is 10.6. The van der Waals surface area contributed by atoms with Crippen molar-refractivity contribution in [3.63, 3.8) is 0 Å². The number of aryl methyl sites for hydroxylation is 1. The van der Waals surface area contributed by atoms with Crippen LogP contribution >= 0.6 is 11.3 Å². The average molecular weight is 297 g/mol. The van der Waals surface area contributed by atoms with Crippen LogP contribution in [0.5, 0.6) is 0 Å². The molecule has 3 heterocycles. The summed E-state index contributed by atoms with van der Waals surface area (Å²) < 4.78 is 23.9. The lowest BCUT2D eigenvalue weighted by Crippen LogP contribution is -2.32. The molecular formula is C12H15N3O2S2. The van der Waals surface area contributed by atoms with Gasteiger partial charge in [0.25, 0.3) is 0 Å². The molecule has 3 rings (SSSR count). The van der Waals surface area contributed by atoms with E-state index in [0.717, 1.165) is 21.6 Å². The van der Waals surface area contributed by atoms with Gasteiger partial charge in [0, 0.05) is 6.04 Å². The lowest BCUT2D eigenvalue weighted by atomic mass is 10.1. The van der Waals surface area contributed by atoms with E-state index < -0.39 is 9.84 Å². The zero-order valence-corrected chi connectivity index (χ0v) is 12.2. The zero-order chi connectivity index (χ0) is 13.5. The molecule has 1 aliphatic rings. The predicted molar refractivity (Wildman–Crippen MR) is 77.5 cm³/mol. The molecule has 0 saturated carbocycles. The van der Waals surface area contributed by atoms with Gasteiger partial charge in [-0.05, 0) is 30.7 Å². The van der Waals surface area contributed by atoms with Crippen LogP contribution in [-0.4, -0.2) is 35.9 Å². The number of fused-ring (bicyclic) bond motifs is 1. The van der Waals surface area contributed by atoms with E-state index >= 15 is 0 Å². The van der Waals surface area contributed by atoms with Gasteiger partial charge in [-0.15, -0.1) is 11.3 Å². The van der Waals surface area contributed by atoms with Crippen LogP contribution in [0, 0.1) is 6.92 Å². The van der Waals surface area contributed by atoms with Crippen LogP contribution in [0.2, 0.25) is 0 Å². The predicted octanol–water partition coefficient (Wildman–Crippen LogP) is 1.99. The number of rotatable bonds is 2. The first kappa shape index (κ1) is 12.8. The van der Waals surface area contributed by atoms with Crippen molar-refractivity contribution in [3.8, 4) is 0 Å². The molecule has 19 heavy (non-hydrogen) atoms. The second-order valence-corrected chi connectivity index (χ2v) is 8.07. The van der Waals surface area contributed by atoms with Crippen molar-refractivity contribution < 1.29 is 8.42 Å². The fourth-order valence-corrected chi connectivity index (χ4v) is 4.75. The van der Waals surface area contributed by atoms with E-state index in [2.05, 4.69) is 20.7 Å². The third kappa shape index (κ3) is 2.57. The van der Waals surface area contributed by atoms with Gasteiger partial charge in [-0.3, -0.25) is 0 Å². The summed E-state index contributed by atoms with van der Waals surface area (Å²) in [6.45, 7) is 2.03. The number of nitrogens with zero attached hydrogens (tertiary/aromatic N) is 2. The monoisotopic (exact) mass is 297 g/mol. The van der Waals surface area contributed by atoms with Gasteiger partial charge < -0.3 is 5.32 Å². The minimum atomic E-state index is -2.82. The minimum Gasteiger partial charge on any atom is -0.366 e. The van der Waals surface area contributed by atoms with Crippen molar-refractivity contribution in [3.05, 3.63) is 17.3 Å². The molecular weight excluding hydrogens is 282 g/mol.